The van der Waals surface area contributed by atoms with Crippen molar-refractivity contribution in [2.45, 2.75) is 52.1 Å². The lowest BCUT2D eigenvalue weighted by molar-refractivity contribution is -0.126. The highest BCUT2D eigenvalue weighted by Crippen LogP contribution is 2.30. The van der Waals surface area contributed by atoms with E-state index >= 15 is 0 Å². The number of hydrogen-bond donors (Lipinski definition) is 1. The van der Waals surface area contributed by atoms with E-state index in [1.165, 1.54) is 28.0 Å². The van der Waals surface area contributed by atoms with Gasteiger partial charge in [0.05, 0.1) is 12.1 Å². The molecule has 2 aromatic heterocycles. The van der Waals surface area contributed by atoms with Crippen molar-refractivity contribution in [3.8, 4) is 0 Å². The van der Waals surface area contributed by atoms with Gasteiger partial charge in [-0.2, -0.15) is 0 Å². The molecule has 32 heavy (non-hydrogen) atoms. The van der Waals surface area contributed by atoms with Crippen LogP contribution >= 0.6 is 11.3 Å². The van der Waals surface area contributed by atoms with Crippen molar-refractivity contribution in [1.29, 1.82) is 0 Å². The smallest absolute Gasteiger partial charge is 0.331 e. The number of thiophene rings is 1. The van der Waals surface area contributed by atoms with Gasteiger partial charge in [-0.25, -0.2) is 9.18 Å². The predicted octanol–water partition coefficient (Wildman–Crippen LogP) is 3.74. The van der Waals surface area contributed by atoms with Crippen LogP contribution in [-0.4, -0.2) is 21.6 Å². The number of aromatic nitrogens is 2. The zero-order valence-corrected chi connectivity index (χ0v) is 19.0. The average molecular weight is 458 g/mol. The van der Waals surface area contributed by atoms with Crippen molar-refractivity contribution in [2.75, 3.05) is 6.54 Å². The Morgan fingerprint density at radius 2 is 1.94 bits per heavy atom. The topological polar surface area (TPSA) is 73.1 Å². The predicted molar refractivity (Wildman–Crippen MR) is 125 cm³/mol. The van der Waals surface area contributed by atoms with E-state index in [0.29, 0.717) is 28.9 Å². The Labute approximate surface area is 189 Å². The molecule has 4 rings (SSSR count). The van der Waals surface area contributed by atoms with Gasteiger partial charge in [-0.1, -0.05) is 19.1 Å². The van der Waals surface area contributed by atoms with Crippen LogP contribution < -0.4 is 16.6 Å². The summed E-state index contributed by atoms with van der Waals surface area (Å²) in [5.41, 5.74) is 0.622. The molecule has 170 valence electrons. The van der Waals surface area contributed by atoms with Crippen molar-refractivity contribution >= 4 is 27.5 Å². The Balaban J connectivity index is 1.57. The molecule has 1 fully saturated rings. The zero-order valence-electron chi connectivity index (χ0n) is 18.2. The maximum atomic E-state index is 13.7. The molecule has 0 atom stereocenters. The third-order valence-corrected chi connectivity index (χ3v) is 7.17. The summed E-state index contributed by atoms with van der Waals surface area (Å²) in [4.78, 5) is 38.6. The molecule has 0 aliphatic heterocycles. The fourth-order valence-electron chi connectivity index (χ4n) is 4.52. The minimum absolute atomic E-state index is 0.0129. The van der Waals surface area contributed by atoms with Gasteiger partial charge in [-0.3, -0.25) is 18.7 Å². The van der Waals surface area contributed by atoms with Crippen molar-refractivity contribution in [3.63, 3.8) is 0 Å². The van der Waals surface area contributed by atoms with Gasteiger partial charge in [0.1, 0.15) is 10.5 Å². The lowest BCUT2D eigenvalue weighted by atomic mass is 9.81. The second-order valence-corrected chi connectivity index (χ2v) is 9.47. The van der Waals surface area contributed by atoms with Gasteiger partial charge < -0.3 is 5.32 Å². The van der Waals surface area contributed by atoms with E-state index < -0.39 is 0 Å². The molecule has 1 saturated carbocycles. The summed E-state index contributed by atoms with van der Waals surface area (Å²) >= 11 is 1.32. The van der Waals surface area contributed by atoms with Crippen LogP contribution in [0.2, 0.25) is 0 Å². The summed E-state index contributed by atoms with van der Waals surface area (Å²) in [5, 5.41) is 4.77. The van der Waals surface area contributed by atoms with Crippen molar-refractivity contribution in [1.82, 2.24) is 14.5 Å². The molecular weight excluding hydrogens is 429 g/mol. The van der Waals surface area contributed by atoms with Gasteiger partial charge >= 0.3 is 5.69 Å². The Morgan fingerprint density at radius 1 is 1.16 bits per heavy atom. The number of fused-ring (bicyclic) bond motifs is 1. The molecule has 1 aromatic carbocycles. The number of halogens is 1. The zero-order chi connectivity index (χ0) is 22.7. The van der Waals surface area contributed by atoms with Crippen LogP contribution in [0.25, 0.3) is 10.2 Å². The molecule has 0 spiro atoms. The fourth-order valence-corrected chi connectivity index (χ4v) is 5.37. The number of amides is 1. The standard InChI is InChI=1S/C24H28FN3O3S/c1-2-11-26-22(29)18-8-6-16(7-9-18)14-28-23(30)21-20(10-12-32-21)27(24(28)31)15-17-4-3-5-19(25)13-17/h3-5,10,12-13,16,18H,2,6-9,11,14-15H2,1H3,(H,26,29). The van der Waals surface area contributed by atoms with E-state index in [4.69, 9.17) is 0 Å². The lowest BCUT2D eigenvalue weighted by Crippen LogP contribution is -2.42. The Bertz CT molecular complexity index is 1220. The first kappa shape index (κ1) is 22.5. The Hall–Kier alpha value is -2.74. The van der Waals surface area contributed by atoms with Crippen LogP contribution in [-0.2, 0) is 17.9 Å². The fraction of sp³-hybridized carbons (Fsp3) is 0.458. The summed E-state index contributed by atoms with van der Waals surface area (Å²) in [6.45, 7) is 3.27. The van der Waals surface area contributed by atoms with E-state index in [-0.39, 0.29) is 41.4 Å². The van der Waals surface area contributed by atoms with Crippen LogP contribution in [0.4, 0.5) is 4.39 Å². The van der Waals surface area contributed by atoms with Crippen LogP contribution in [0.3, 0.4) is 0 Å². The van der Waals surface area contributed by atoms with Gasteiger partial charge in [0, 0.05) is 19.0 Å². The monoisotopic (exact) mass is 457 g/mol. The summed E-state index contributed by atoms with van der Waals surface area (Å²) < 4.78 is 17.1. The maximum Gasteiger partial charge on any atom is 0.331 e. The SMILES string of the molecule is CCCNC(=O)C1CCC(Cn2c(=O)c3sccc3n(Cc3cccc(F)c3)c2=O)CC1. The maximum absolute atomic E-state index is 13.7. The minimum Gasteiger partial charge on any atom is -0.356 e. The van der Waals surface area contributed by atoms with Crippen LogP contribution in [0.15, 0.2) is 45.3 Å². The first-order valence-electron chi connectivity index (χ1n) is 11.2. The number of carbonyl (C=O) groups excluding carboxylic acids is 1. The highest BCUT2D eigenvalue weighted by Gasteiger charge is 2.27. The number of hydrogen-bond acceptors (Lipinski definition) is 4. The summed E-state index contributed by atoms with van der Waals surface area (Å²) in [6, 6.07) is 7.93. The van der Waals surface area contributed by atoms with Crippen molar-refractivity contribution < 1.29 is 9.18 Å². The molecular formula is C24H28FN3O3S. The van der Waals surface area contributed by atoms with Crippen LogP contribution in [0.5, 0.6) is 0 Å². The highest BCUT2D eigenvalue weighted by atomic mass is 32.1. The quantitative estimate of drug-likeness (QED) is 0.587. The molecule has 2 heterocycles. The molecule has 1 aliphatic rings. The van der Waals surface area contributed by atoms with Gasteiger partial charge in [-0.05, 0) is 67.2 Å². The van der Waals surface area contributed by atoms with Crippen LogP contribution in [0.1, 0.15) is 44.6 Å². The van der Waals surface area contributed by atoms with Gasteiger partial charge in [0.25, 0.3) is 5.56 Å². The Kier molecular flexibility index (Phi) is 6.89. The molecule has 1 aliphatic carbocycles. The molecule has 0 radical (unpaired) electrons. The van der Waals surface area contributed by atoms with E-state index in [9.17, 15) is 18.8 Å². The minimum atomic E-state index is -0.368. The molecule has 8 heteroatoms. The van der Waals surface area contributed by atoms with Crippen molar-refractivity contribution in [2.24, 2.45) is 11.8 Å². The molecule has 6 nitrogen and oxygen atoms in total. The highest BCUT2D eigenvalue weighted by molar-refractivity contribution is 7.17. The van der Waals surface area contributed by atoms with Gasteiger partial charge in [0.15, 0.2) is 0 Å². The first-order valence-corrected chi connectivity index (χ1v) is 12.1. The first-order chi connectivity index (χ1) is 15.5. The second-order valence-electron chi connectivity index (χ2n) is 8.56. The van der Waals surface area contributed by atoms with E-state index in [1.807, 2.05) is 6.92 Å². The van der Waals surface area contributed by atoms with Crippen molar-refractivity contribution in [3.05, 3.63) is 67.9 Å². The third kappa shape index (κ3) is 4.70. The molecule has 0 unspecified atom stereocenters. The second kappa shape index (κ2) is 9.81. The number of rotatable bonds is 7. The number of carbonyl (C=O) groups is 1. The van der Waals surface area contributed by atoms with E-state index in [0.717, 1.165) is 32.1 Å². The molecule has 1 N–H and O–H groups in total. The number of nitrogens with zero attached hydrogens (tertiary/aromatic N) is 2. The van der Waals surface area contributed by atoms with Gasteiger partial charge in [0.2, 0.25) is 5.91 Å². The molecule has 3 aromatic rings. The molecule has 0 saturated heterocycles. The average Bonchev–Trinajstić information content (AvgIpc) is 3.28. The number of nitrogens with one attached hydrogen (secondary N) is 1. The van der Waals surface area contributed by atoms with Crippen LogP contribution in [0, 0.1) is 17.7 Å². The molecule has 0 bridgehead atoms. The molecule has 1 amide bonds. The van der Waals surface area contributed by atoms with E-state index in [1.54, 1.807) is 28.1 Å². The summed E-state index contributed by atoms with van der Waals surface area (Å²) in [6.07, 6.45) is 4.07. The summed E-state index contributed by atoms with van der Waals surface area (Å²) in [7, 11) is 0. The van der Waals surface area contributed by atoms with E-state index in [2.05, 4.69) is 5.32 Å². The summed E-state index contributed by atoms with van der Waals surface area (Å²) in [5.74, 6) is -0.0559. The van der Waals surface area contributed by atoms with Gasteiger partial charge in [-0.15, -0.1) is 11.3 Å². The third-order valence-electron chi connectivity index (χ3n) is 6.27. The Morgan fingerprint density at radius 3 is 2.66 bits per heavy atom. The number of benzene rings is 1. The largest absolute Gasteiger partial charge is 0.356 e. The lowest BCUT2D eigenvalue weighted by Gasteiger charge is -2.28. The normalized spacial score (nSPS) is 18.7.